The Labute approximate surface area is 72.9 Å². The van der Waals surface area contributed by atoms with Crippen LogP contribution < -0.4 is 0 Å². The third kappa shape index (κ3) is 1.41. The van der Waals surface area contributed by atoms with Gasteiger partial charge >= 0.3 is 0 Å². The molecular formula is C7H7BrN2O. The predicted octanol–water partition coefficient (Wildman–Crippen LogP) is 1.35. The minimum Gasteiger partial charge on any atom is -0.380 e. The lowest BCUT2D eigenvalue weighted by atomic mass is 10.0. The van der Waals surface area contributed by atoms with Crippen molar-refractivity contribution in [2.75, 3.05) is 13.2 Å². The van der Waals surface area contributed by atoms with E-state index in [1.165, 1.54) is 0 Å². The van der Waals surface area contributed by atoms with Crippen molar-refractivity contribution in [3.05, 3.63) is 22.7 Å². The largest absolute Gasteiger partial charge is 0.380 e. The summed E-state index contributed by atoms with van der Waals surface area (Å²) in [5.41, 5.74) is 1.07. The summed E-state index contributed by atoms with van der Waals surface area (Å²) in [4.78, 5) is 8.17. The molecule has 0 aliphatic carbocycles. The maximum absolute atomic E-state index is 5.05. The van der Waals surface area contributed by atoms with E-state index < -0.39 is 0 Å². The van der Waals surface area contributed by atoms with Crippen molar-refractivity contribution < 1.29 is 4.74 Å². The molecule has 0 saturated carbocycles. The number of aromatic nitrogens is 2. The van der Waals surface area contributed by atoms with Gasteiger partial charge in [-0.05, 0) is 22.0 Å². The fourth-order valence-corrected chi connectivity index (χ4v) is 1.30. The highest BCUT2D eigenvalue weighted by atomic mass is 79.9. The normalized spacial score (nSPS) is 17.9. The van der Waals surface area contributed by atoms with Crippen LogP contribution in [0.3, 0.4) is 0 Å². The van der Waals surface area contributed by atoms with Crippen LogP contribution in [-0.2, 0) is 4.74 Å². The quantitative estimate of drug-likeness (QED) is 0.663. The van der Waals surface area contributed by atoms with Gasteiger partial charge in [0.1, 0.15) is 0 Å². The van der Waals surface area contributed by atoms with E-state index in [2.05, 4.69) is 25.9 Å². The van der Waals surface area contributed by atoms with Crippen LogP contribution in [0.1, 0.15) is 11.6 Å². The standard InChI is InChI=1S/C7H7BrN2O/c8-7-9-2-1-6(10-7)5-3-11-4-5/h1-2,5H,3-4H2. The Morgan fingerprint density at radius 2 is 2.36 bits per heavy atom. The molecule has 1 saturated heterocycles. The van der Waals surface area contributed by atoms with Crippen LogP contribution in [0.25, 0.3) is 0 Å². The second-order valence-electron chi connectivity index (χ2n) is 2.48. The molecule has 1 aliphatic heterocycles. The van der Waals surface area contributed by atoms with Crippen molar-refractivity contribution in [3.63, 3.8) is 0 Å². The summed E-state index contributed by atoms with van der Waals surface area (Å²) < 4.78 is 5.71. The van der Waals surface area contributed by atoms with Crippen LogP contribution in [0, 0.1) is 0 Å². The van der Waals surface area contributed by atoms with Crippen molar-refractivity contribution in [3.8, 4) is 0 Å². The zero-order chi connectivity index (χ0) is 7.68. The zero-order valence-electron chi connectivity index (χ0n) is 5.83. The van der Waals surface area contributed by atoms with E-state index >= 15 is 0 Å². The minimum absolute atomic E-state index is 0.481. The molecule has 0 N–H and O–H groups in total. The molecule has 58 valence electrons. The summed E-state index contributed by atoms with van der Waals surface area (Å²) in [6.07, 6.45) is 1.75. The van der Waals surface area contributed by atoms with Gasteiger partial charge < -0.3 is 4.74 Å². The van der Waals surface area contributed by atoms with Gasteiger partial charge in [0, 0.05) is 12.1 Å². The number of ether oxygens (including phenoxy) is 1. The summed E-state index contributed by atoms with van der Waals surface area (Å²) in [6.45, 7) is 1.59. The highest BCUT2D eigenvalue weighted by Gasteiger charge is 2.21. The lowest BCUT2D eigenvalue weighted by Crippen LogP contribution is -2.26. The molecular weight excluding hydrogens is 208 g/mol. The summed E-state index contributed by atoms with van der Waals surface area (Å²) in [7, 11) is 0. The maximum Gasteiger partial charge on any atom is 0.196 e. The van der Waals surface area contributed by atoms with Gasteiger partial charge in [-0.1, -0.05) is 0 Å². The first-order valence-corrected chi connectivity index (χ1v) is 4.22. The number of nitrogens with zero attached hydrogens (tertiary/aromatic N) is 2. The van der Waals surface area contributed by atoms with Crippen LogP contribution in [0.15, 0.2) is 17.0 Å². The SMILES string of the molecule is Brc1nccc(C2COC2)n1. The van der Waals surface area contributed by atoms with Gasteiger partial charge in [0.15, 0.2) is 4.73 Å². The molecule has 0 atom stereocenters. The van der Waals surface area contributed by atoms with E-state index in [4.69, 9.17) is 4.74 Å². The van der Waals surface area contributed by atoms with Gasteiger partial charge in [-0.3, -0.25) is 0 Å². The van der Waals surface area contributed by atoms with Crippen LogP contribution in [0.2, 0.25) is 0 Å². The maximum atomic E-state index is 5.05. The predicted molar refractivity (Wildman–Crippen MR) is 43.3 cm³/mol. The molecule has 0 aromatic carbocycles. The third-order valence-corrected chi connectivity index (χ3v) is 2.09. The number of rotatable bonds is 1. The molecule has 0 bridgehead atoms. The fraction of sp³-hybridized carbons (Fsp3) is 0.429. The third-order valence-electron chi connectivity index (χ3n) is 1.70. The Morgan fingerprint density at radius 1 is 1.55 bits per heavy atom. The molecule has 0 radical (unpaired) electrons. The first-order chi connectivity index (χ1) is 5.36. The van der Waals surface area contributed by atoms with Crippen molar-refractivity contribution in [1.29, 1.82) is 0 Å². The smallest absolute Gasteiger partial charge is 0.196 e. The van der Waals surface area contributed by atoms with Crippen LogP contribution in [-0.4, -0.2) is 23.2 Å². The van der Waals surface area contributed by atoms with Gasteiger partial charge in [-0.15, -0.1) is 0 Å². The molecule has 0 amide bonds. The monoisotopic (exact) mass is 214 g/mol. The minimum atomic E-state index is 0.481. The van der Waals surface area contributed by atoms with Crippen molar-refractivity contribution in [2.45, 2.75) is 5.92 Å². The molecule has 1 fully saturated rings. The molecule has 1 aliphatic rings. The van der Waals surface area contributed by atoms with Crippen molar-refractivity contribution in [2.24, 2.45) is 0 Å². The molecule has 11 heavy (non-hydrogen) atoms. The van der Waals surface area contributed by atoms with E-state index in [0.29, 0.717) is 10.7 Å². The Kier molecular flexibility index (Phi) is 1.87. The van der Waals surface area contributed by atoms with Crippen LogP contribution in [0.5, 0.6) is 0 Å². The topological polar surface area (TPSA) is 35.0 Å². The zero-order valence-corrected chi connectivity index (χ0v) is 7.41. The number of hydrogen-bond acceptors (Lipinski definition) is 3. The molecule has 2 heterocycles. The molecule has 3 nitrogen and oxygen atoms in total. The first-order valence-electron chi connectivity index (χ1n) is 3.42. The van der Waals surface area contributed by atoms with Gasteiger partial charge in [0.05, 0.1) is 18.9 Å². The van der Waals surface area contributed by atoms with Gasteiger partial charge in [-0.25, -0.2) is 9.97 Å². The fourth-order valence-electron chi connectivity index (χ4n) is 0.982. The Morgan fingerprint density at radius 3 is 2.91 bits per heavy atom. The summed E-state index contributed by atoms with van der Waals surface area (Å²) in [5, 5.41) is 0. The van der Waals surface area contributed by atoms with Crippen molar-refractivity contribution in [1.82, 2.24) is 9.97 Å². The highest BCUT2D eigenvalue weighted by Crippen LogP contribution is 2.22. The van der Waals surface area contributed by atoms with Crippen LogP contribution in [0.4, 0.5) is 0 Å². The second-order valence-corrected chi connectivity index (χ2v) is 3.19. The van der Waals surface area contributed by atoms with E-state index in [-0.39, 0.29) is 0 Å². The number of hydrogen-bond donors (Lipinski definition) is 0. The van der Waals surface area contributed by atoms with Gasteiger partial charge in [0.2, 0.25) is 0 Å². The molecule has 2 rings (SSSR count). The second kappa shape index (κ2) is 2.87. The molecule has 4 heteroatoms. The van der Waals surface area contributed by atoms with Crippen LogP contribution >= 0.6 is 15.9 Å². The Balaban J connectivity index is 2.23. The number of halogens is 1. The van der Waals surface area contributed by atoms with E-state index in [1.54, 1.807) is 6.20 Å². The van der Waals surface area contributed by atoms with E-state index in [0.717, 1.165) is 18.9 Å². The van der Waals surface area contributed by atoms with E-state index in [1.807, 2.05) is 6.07 Å². The van der Waals surface area contributed by atoms with E-state index in [9.17, 15) is 0 Å². The average molecular weight is 215 g/mol. The molecule has 0 spiro atoms. The Hall–Kier alpha value is -0.480. The first kappa shape index (κ1) is 7.18. The van der Waals surface area contributed by atoms with Crippen molar-refractivity contribution >= 4 is 15.9 Å². The Bertz CT molecular complexity index is 262. The van der Waals surface area contributed by atoms with Gasteiger partial charge in [0.25, 0.3) is 0 Å². The molecule has 1 aromatic heterocycles. The lowest BCUT2D eigenvalue weighted by molar-refractivity contribution is 0.00659. The summed E-state index contributed by atoms with van der Waals surface area (Å²) in [6, 6.07) is 1.93. The average Bonchev–Trinajstić information content (AvgIpc) is 1.83. The molecule has 0 unspecified atom stereocenters. The molecule has 1 aromatic rings. The summed E-state index contributed by atoms with van der Waals surface area (Å²) in [5.74, 6) is 0.481. The lowest BCUT2D eigenvalue weighted by Gasteiger charge is -2.24. The summed E-state index contributed by atoms with van der Waals surface area (Å²) >= 11 is 3.22. The highest BCUT2D eigenvalue weighted by molar-refractivity contribution is 9.10. The van der Waals surface area contributed by atoms with Gasteiger partial charge in [-0.2, -0.15) is 0 Å².